The molecule has 0 radical (unpaired) electrons. The Kier molecular flexibility index (Phi) is 5.04. The van der Waals surface area contributed by atoms with Gasteiger partial charge in [0.25, 0.3) is 0 Å². The van der Waals surface area contributed by atoms with E-state index in [9.17, 15) is 5.11 Å². The van der Waals surface area contributed by atoms with Crippen LogP contribution >= 0.6 is 0 Å². The summed E-state index contributed by atoms with van der Waals surface area (Å²) < 4.78 is 20.3. The lowest BCUT2D eigenvalue weighted by molar-refractivity contribution is -0.108. The average Bonchev–Trinajstić information content (AvgIpc) is 2.30. The van der Waals surface area contributed by atoms with Crippen molar-refractivity contribution in [3.8, 4) is 11.5 Å². The van der Waals surface area contributed by atoms with E-state index in [2.05, 4.69) is 0 Å². The zero-order chi connectivity index (χ0) is 12.0. The number of methoxy groups -OCH3 is 3. The van der Waals surface area contributed by atoms with E-state index in [-0.39, 0.29) is 12.5 Å². The van der Waals surface area contributed by atoms with Gasteiger partial charge in [0, 0.05) is 21.3 Å². The maximum Gasteiger partial charge on any atom is 0.190 e. The number of aromatic hydroxyl groups is 1. The first-order chi connectivity index (χ1) is 7.74. The maximum atomic E-state index is 9.74. The third-order valence-electron chi connectivity index (χ3n) is 2.04. The first kappa shape index (κ1) is 12.8. The van der Waals surface area contributed by atoms with E-state index in [0.29, 0.717) is 11.3 Å². The summed E-state index contributed by atoms with van der Waals surface area (Å²) in [7, 11) is 4.49. The average molecular weight is 228 g/mol. The summed E-state index contributed by atoms with van der Waals surface area (Å²) in [6.45, 7) is 0.0939. The van der Waals surface area contributed by atoms with Crippen molar-refractivity contribution < 1.29 is 24.1 Å². The van der Waals surface area contributed by atoms with Crippen LogP contribution in [0.15, 0.2) is 18.2 Å². The fourth-order valence-electron chi connectivity index (χ4n) is 1.35. The number of phenols is 1. The van der Waals surface area contributed by atoms with Crippen LogP contribution in [0.2, 0.25) is 0 Å². The van der Waals surface area contributed by atoms with Gasteiger partial charge in [-0.25, -0.2) is 0 Å². The van der Waals surface area contributed by atoms with E-state index < -0.39 is 6.29 Å². The van der Waals surface area contributed by atoms with Gasteiger partial charge in [-0.3, -0.25) is 0 Å². The topological polar surface area (TPSA) is 57.2 Å². The van der Waals surface area contributed by atoms with Crippen LogP contribution < -0.4 is 4.74 Å². The minimum atomic E-state index is -0.673. The van der Waals surface area contributed by atoms with Gasteiger partial charge in [-0.05, 0) is 12.1 Å². The molecule has 0 atom stereocenters. The van der Waals surface area contributed by atoms with Crippen LogP contribution in [-0.2, 0) is 14.2 Å². The fourth-order valence-corrected chi connectivity index (χ4v) is 1.35. The Balaban J connectivity index is 3.01. The van der Waals surface area contributed by atoms with Gasteiger partial charge in [0.15, 0.2) is 13.1 Å². The maximum absolute atomic E-state index is 9.74. The Morgan fingerprint density at radius 1 is 1.19 bits per heavy atom. The third-order valence-corrected chi connectivity index (χ3v) is 2.04. The van der Waals surface area contributed by atoms with E-state index >= 15 is 0 Å². The molecule has 1 aromatic carbocycles. The van der Waals surface area contributed by atoms with Gasteiger partial charge in [0.2, 0.25) is 0 Å². The molecule has 5 heteroatoms. The molecular weight excluding hydrogens is 212 g/mol. The van der Waals surface area contributed by atoms with Crippen molar-refractivity contribution in [2.45, 2.75) is 6.29 Å². The molecule has 0 saturated carbocycles. The standard InChI is InChI=1S/C11H16O5/c1-13-7-16-9-6-4-5-8(12)10(9)11(14-2)15-3/h4-6,11-12H,7H2,1-3H3. The number of hydrogen-bond donors (Lipinski definition) is 1. The second-order valence-corrected chi connectivity index (χ2v) is 3.04. The second kappa shape index (κ2) is 6.32. The smallest absolute Gasteiger partial charge is 0.190 e. The van der Waals surface area contributed by atoms with Crippen molar-refractivity contribution >= 4 is 0 Å². The molecule has 1 N–H and O–H groups in total. The second-order valence-electron chi connectivity index (χ2n) is 3.04. The zero-order valence-corrected chi connectivity index (χ0v) is 9.60. The lowest BCUT2D eigenvalue weighted by Gasteiger charge is -2.18. The Labute approximate surface area is 94.5 Å². The van der Waals surface area contributed by atoms with Crippen LogP contribution in [0.5, 0.6) is 11.5 Å². The van der Waals surface area contributed by atoms with Crippen LogP contribution in [-0.4, -0.2) is 33.2 Å². The molecule has 0 aromatic heterocycles. The molecular formula is C11H16O5. The largest absolute Gasteiger partial charge is 0.507 e. The molecule has 0 aliphatic rings. The molecule has 0 aliphatic heterocycles. The number of rotatable bonds is 6. The van der Waals surface area contributed by atoms with Gasteiger partial charge in [-0.1, -0.05) is 6.07 Å². The minimum Gasteiger partial charge on any atom is -0.507 e. The molecule has 0 heterocycles. The highest BCUT2D eigenvalue weighted by Gasteiger charge is 2.19. The Bertz CT molecular complexity index is 322. The van der Waals surface area contributed by atoms with E-state index in [1.54, 1.807) is 18.2 Å². The molecule has 0 bridgehead atoms. The van der Waals surface area contributed by atoms with E-state index in [1.165, 1.54) is 21.3 Å². The predicted octanol–water partition coefficient (Wildman–Crippen LogP) is 1.67. The lowest BCUT2D eigenvalue weighted by Crippen LogP contribution is -2.08. The van der Waals surface area contributed by atoms with Crippen LogP contribution in [0, 0.1) is 0 Å². The molecule has 0 fully saturated rings. The van der Waals surface area contributed by atoms with E-state index in [1.807, 2.05) is 0 Å². The van der Waals surface area contributed by atoms with Crippen molar-refractivity contribution in [3.63, 3.8) is 0 Å². The molecule has 90 valence electrons. The molecule has 1 aromatic rings. The molecule has 0 amide bonds. The summed E-state index contributed by atoms with van der Waals surface area (Å²) in [6.07, 6.45) is -0.673. The van der Waals surface area contributed by atoms with Crippen molar-refractivity contribution in [1.82, 2.24) is 0 Å². The molecule has 5 nitrogen and oxygen atoms in total. The number of phenolic OH excluding ortho intramolecular Hbond substituents is 1. The molecule has 0 spiro atoms. The lowest BCUT2D eigenvalue weighted by atomic mass is 10.1. The van der Waals surface area contributed by atoms with Gasteiger partial charge < -0.3 is 24.1 Å². The first-order valence-corrected chi connectivity index (χ1v) is 4.73. The Morgan fingerprint density at radius 2 is 1.88 bits per heavy atom. The third kappa shape index (κ3) is 2.85. The first-order valence-electron chi connectivity index (χ1n) is 4.73. The molecule has 0 aliphatic carbocycles. The van der Waals surface area contributed by atoms with Gasteiger partial charge in [0.1, 0.15) is 11.5 Å². The zero-order valence-electron chi connectivity index (χ0n) is 9.60. The van der Waals surface area contributed by atoms with Gasteiger partial charge in [-0.15, -0.1) is 0 Å². The van der Waals surface area contributed by atoms with E-state index in [0.717, 1.165) is 0 Å². The van der Waals surface area contributed by atoms with Crippen LogP contribution in [0.25, 0.3) is 0 Å². The summed E-state index contributed by atoms with van der Waals surface area (Å²) in [5.41, 5.74) is 0.449. The van der Waals surface area contributed by atoms with Crippen molar-refractivity contribution in [2.75, 3.05) is 28.1 Å². The number of ether oxygens (including phenoxy) is 4. The summed E-state index contributed by atoms with van der Waals surface area (Å²) in [5.74, 6) is 0.526. The van der Waals surface area contributed by atoms with Gasteiger partial charge in [0.05, 0.1) is 5.56 Å². The molecule has 1 rings (SSSR count). The normalized spacial score (nSPS) is 10.8. The van der Waals surface area contributed by atoms with Gasteiger partial charge >= 0.3 is 0 Å². The predicted molar refractivity (Wildman–Crippen MR) is 57.4 cm³/mol. The molecule has 0 unspecified atom stereocenters. The summed E-state index contributed by atoms with van der Waals surface area (Å²) in [4.78, 5) is 0. The Hall–Kier alpha value is -1.30. The highest BCUT2D eigenvalue weighted by molar-refractivity contribution is 5.44. The molecule has 0 saturated heterocycles. The van der Waals surface area contributed by atoms with Crippen molar-refractivity contribution in [2.24, 2.45) is 0 Å². The summed E-state index contributed by atoms with van der Waals surface area (Å²) >= 11 is 0. The monoisotopic (exact) mass is 228 g/mol. The minimum absolute atomic E-state index is 0.0577. The van der Waals surface area contributed by atoms with Crippen LogP contribution in [0.3, 0.4) is 0 Å². The Morgan fingerprint density at radius 3 is 2.44 bits per heavy atom. The van der Waals surface area contributed by atoms with E-state index in [4.69, 9.17) is 18.9 Å². The summed E-state index contributed by atoms with van der Waals surface area (Å²) in [6, 6.07) is 4.92. The number of benzene rings is 1. The quantitative estimate of drug-likeness (QED) is 0.750. The van der Waals surface area contributed by atoms with Crippen molar-refractivity contribution in [3.05, 3.63) is 23.8 Å². The van der Waals surface area contributed by atoms with Crippen molar-refractivity contribution in [1.29, 1.82) is 0 Å². The molecule has 16 heavy (non-hydrogen) atoms. The number of hydrogen-bond acceptors (Lipinski definition) is 5. The van der Waals surface area contributed by atoms with Gasteiger partial charge in [-0.2, -0.15) is 0 Å². The highest BCUT2D eigenvalue weighted by atomic mass is 16.7. The van der Waals surface area contributed by atoms with Crippen LogP contribution in [0.1, 0.15) is 11.9 Å². The highest BCUT2D eigenvalue weighted by Crippen LogP contribution is 2.35. The fraction of sp³-hybridized carbons (Fsp3) is 0.455. The van der Waals surface area contributed by atoms with Crippen LogP contribution in [0.4, 0.5) is 0 Å². The SMILES string of the molecule is COCOc1cccc(O)c1C(OC)OC. The summed E-state index contributed by atoms with van der Waals surface area (Å²) in [5, 5.41) is 9.74.